The van der Waals surface area contributed by atoms with Crippen molar-refractivity contribution in [2.24, 2.45) is 0 Å². The maximum Gasteiger partial charge on any atom is 0.422 e. The Kier molecular flexibility index (Phi) is 10.2. The van der Waals surface area contributed by atoms with Crippen LogP contribution in [0.1, 0.15) is 42.9 Å². The monoisotopic (exact) mass is 552 g/mol. The van der Waals surface area contributed by atoms with Crippen molar-refractivity contribution < 1.29 is 40.9 Å². The molecule has 4 rings (SSSR count). The first-order valence-corrected chi connectivity index (χ1v) is 13.2. The molecule has 1 fully saturated rings. The molecule has 1 saturated heterocycles. The molecule has 212 valence electrons. The Balaban J connectivity index is 1.29. The second kappa shape index (κ2) is 13.5. The maximum atomic E-state index is 15.2. The van der Waals surface area contributed by atoms with Crippen molar-refractivity contribution in [1.29, 1.82) is 0 Å². The Morgan fingerprint density at radius 2 is 1.64 bits per heavy atom. The van der Waals surface area contributed by atoms with Crippen LogP contribution in [-0.4, -0.2) is 45.0 Å². The number of alkyl halides is 3. The van der Waals surface area contributed by atoms with Gasteiger partial charge in [-0.2, -0.15) is 13.2 Å². The van der Waals surface area contributed by atoms with E-state index in [9.17, 15) is 17.6 Å². The molecule has 4 nitrogen and oxygen atoms in total. The lowest BCUT2D eigenvalue weighted by Crippen LogP contribution is -2.37. The smallest absolute Gasteiger partial charge is 0.422 e. The number of halogens is 5. The maximum absolute atomic E-state index is 15.2. The largest absolute Gasteiger partial charge is 0.481 e. The van der Waals surface area contributed by atoms with E-state index in [2.05, 4.69) is 11.7 Å². The molecule has 0 bridgehead atoms. The molecule has 0 amide bonds. The molecule has 0 unspecified atom stereocenters. The van der Waals surface area contributed by atoms with Crippen molar-refractivity contribution in [2.75, 3.05) is 26.4 Å². The van der Waals surface area contributed by atoms with Gasteiger partial charge in [0.05, 0.1) is 13.2 Å². The van der Waals surface area contributed by atoms with E-state index in [-0.39, 0.29) is 18.2 Å². The second-order valence-electron chi connectivity index (χ2n) is 9.74. The summed E-state index contributed by atoms with van der Waals surface area (Å²) in [6, 6.07) is 13.0. The molecular formula is C30H33F5O4. The van der Waals surface area contributed by atoms with Crippen molar-refractivity contribution in [3.63, 3.8) is 0 Å². The van der Waals surface area contributed by atoms with Crippen LogP contribution in [0.25, 0.3) is 10.8 Å². The van der Waals surface area contributed by atoms with Gasteiger partial charge in [-0.1, -0.05) is 49.7 Å². The summed E-state index contributed by atoms with van der Waals surface area (Å²) in [4.78, 5) is 0. The van der Waals surface area contributed by atoms with Crippen molar-refractivity contribution in [1.82, 2.24) is 0 Å². The standard InChI is InChI=1S/C30H33F5O4/c1-2-3-14-36-24-17-37-28(38-18-24)13-7-20-5-11-25-23(15-20)10-9-22(29(25)32)8-4-21-6-12-27(26(31)16-21)39-19-30(33,34)35/h5-6,9-12,15-16,24,28H,2-4,7-8,13-14,17-19H2,1H3. The van der Waals surface area contributed by atoms with E-state index in [0.717, 1.165) is 42.3 Å². The van der Waals surface area contributed by atoms with Gasteiger partial charge in [0.2, 0.25) is 0 Å². The first-order valence-electron chi connectivity index (χ1n) is 13.2. The number of unbranched alkanes of at least 4 members (excludes halogenated alkanes) is 1. The minimum absolute atomic E-state index is 0.0266. The summed E-state index contributed by atoms with van der Waals surface area (Å²) in [5, 5.41) is 1.27. The van der Waals surface area contributed by atoms with E-state index in [0.29, 0.717) is 55.6 Å². The highest BCUT2D eigenvalue weighted by Crippen LogP contribution is 2.26. The molecule has 3 aromatic rings. The van der Waals surface area contributed by atoms with E-state index in [4.69, 9.17) is 14.2 Å². The van der Waals surface area contributed by atoms with Gasteiger partial charge >= 0.3 is 6.18 Å². The molecule has 0 saturated carbocycles. The van der Waals surface area contributed by atoms with Gasteiger partial charge in [-0.05, 0) is 59.9 Å². The molecule has 1 aliphatic heterocycles. The molecule has 0 radical (unpaired) electrons. The summed E-state index contributed by atoms with van der Waals surface area (Å²) < 4.78 is 88.1. The second-order valence-corrected chi connectivity index (χ2v) is 9.74. The van der Waals surface area contributed by atoms with Gasteiger partial charge in [-0.3, -0.25) is 0 Å². The summed E-state index contributed by atoms with van der Waals surface area (Å²) in [6.45, 7) is 2.30. The number of benzene rings is 3. The molecule has 1 aliphatic rings. The summed E-state index contributed by atoms with van der Waals surface area (Å²) in [7, 11) is 0. The molecular weight excluding hydrogens is 519 g/mol. The zero-order valence-electron chi connectivity index (χ0n) is 21.9. The number of rotatable bonds is 12. The van der Waals surface area contributed by atoms with Crippen LogP contribution in [0.2, 0.25) is 0 Å². The molecule has 39 heavy (non-hydrogen) atoms. The predicted octanol–water partition coefficient (Wildman–Crippen LogP) is 7.34. The summed E-state index contributed by atoms with van der Waals surface area (Å²) in [6.07, 6.45) is -0.727. The van der Waals surface area contributed by atoms with Gasteiger partial charge in [0.15, 0.2) is 24.5 Å². The van der Waals surface area contributed by atoms with E-state index in [1.165, 1.54) is 6.07 Å². The zero-order valence-corrected chi connectivity index (χ0v) is 21.9. The number of ether oxygens (including phenoxy) is 4. The van der Waals surface area contributed by atoms with Crippen LogP contribution in [0.3, 0.4) is 0 Å². The van der Waals surface area contributed by atoms with Crippen molar-refractivity contribution in [2.45, 2.75) is 64.0 Å². The minimum atomic E-state index is -4.55. The predicted molar refractivity (Wildman–Crippen MR) is 138 cm³/mol. The van der Waals surface area contributed by atoms with Crippen LogP contribution in [0.15, 0.2) is 48.5 Å². The van der Waals surface area contributed by atoms with Crippen LogP contribution in [-0.2, 0) is 33.5 Å². The van der Waals surface area contributed by atoms with Gasteiger partial charge in [0.25, 0.3) is 0 Å². The Bertz CT molecular complexity index is 1220. The Hall–Kier alpha value is -2.75. The molecule has 0 aliphatic carbocycles. The molecule has 0 spiro atoms. The molecule has 9 heteroatoms. The molecule has 3 aromatic carbocycles. The van der Waals surface area contributed by atoms with Gasteiger partial charge < -0.3 is 18.9 Å². The number of aryl methyl sites for hydroxylation is 3. The Morgan fingerprint density at radius 3 is 2.36 bits per heavy atom. The fourth-order valence-corrected chi connectivity index (χ4v) is 4.46. The third-order valence-corrected chi connectivity index (χ3v) is 6.63. The number of hydrogen-bond acceptors (Lipinski definition) is 4. The molecule has 0 aromatic heterocycles. The Morgan fingerprint density at radius 1 is 0.897 bits per heavy atom. The Labute approximate surface area is 225 Å². The molecule has 0 N–H and O–H groups in total. The van der Waals surface area contributed by atoms with Crippen LogP contribution >= 0.6 is 0 Å². The van der Waals surface area contributed by atoms with Crippen LogP contribution in [0, 0.1) is 11.6 Å². The quantitative estimate of drug-likeness (QED) is 0.174. The summed E-state index contributed by atoms with van der Waals surface area (Å²) in [5.41, 5.74) is 2.06. The topological polar surface area (TPSA) is 36.9 Å². The lowest BCUT2D eigenvalue weighted by atomic mass is 9.98. The van der Waals surface area contributed by atoms with Crippen LogP contribution < -0.4 is 4.74 Å². The van der Waals surface area contributed by atoms with Crippen molar-refractivity contribution >= 4 is 10.8 Å². The zero-order chi connectivity index (χ0) is 27.8. The highest BCUT2D eigenvalue weighted by Gasteiger charge is 2.29. The molecule has 1 heterocycles. The van der Waals surface area contributed by atoms with Gasteiger partial charge in [-0.15, -0.1) is 0 Å². The fourth-order valence-electron chi connectivity index (χ4n) is 4.46. The average molecular weight is 553 g/mol. The third-order valence-electron chi connectivity index (χ3n) is 6.63. The lowest BCUT2D eigenvalue weighted by molar-refractivity contribution is -0.227. The van der Waals surface area contributed by atoms with E-state index >= 15 is 4.39 Å². The van der Waals surface area contributed by atoms with Crippen LogP contribution in [0.4, 0.5) is 22.0 Å². The first-order chi connectivity index (χ1) is 18.7. The average Bonchev–Trinajstić information content (AvgIpc) is 2.91. The molecule has 0 atom stereocenters. The highest BCUT2D eigenvalue weighted by atomic mass is 19.4. The van der Waals surface area contributed by atoms with Gasteiger partial charge in [0.1, 0.15) is 11.9 Å². The first kappa shape index (κ1) is 29.2. The van der Waals surface area contributed by atoms with Crippen molar-refractivity contribution in [3.05, 3.63) is 76.9 Å². The van der Waals surface area contributed by atoms with Gasteiger partial charge in [-0.25, -0.2) is 8.78 Å². The number of fused-ring (bicyclic) bond motifs is 1. The summed E-state index contributed by atoms with van der Waals surface area (Å²) in [5.74, 6) is -1.68. The van der Waals surface area contributed by atoms with Gasteiger partial charge in [0, 0.05) is 18.4 Å². The van der Waals surface area contributed by atoms with Crippen molar-refractivity contribution in [3.8, 4) is 5.75 Å². The fraction of sp³-hybridized carbons (Fsp3) is 0.467. The SMILES string of the molecule is CCCCOC1COC(CCc2ccc3c(F)c(CCc4ccc(OCC(F)(F)F)c(F)c4)ccc3c2)OC1. The van der Waals surface area contributed by atoms with E-state index in [1.54, 1.807) is 12.1 Å². The van der Waals surface area contributed by atoms with Crippen LogP contribution in [0.5, 0.6) is 5.75 Å². The van der Waals surface area contributed by atoms with E-state index < -0.39 is 24.3 Å². The number of hydrogen-bond donors (Lipinski definition) is 0. The minimum Gasteiger partial charge on any atom is -0.481 e. The third kappa shape index (κ3) is 8.62. The van der Waals surface area contributed by atoms with E-state index in [1.807, 2.05) is 18.2 Å². The highest BCUT2D eigenvalue weighted by molar-refractivity contribution is 5.84. The lowest BCUT2D eigenvalue weighted by Gasteiger charge is -2.29. The normalized spacial score (nSPS) is 18.0. The summed E-state index contributed by atoms with van der Waals surface area (Å²) >= 11 is 0.